The number of rotatable bonds is 0. The molecule has 0 saturated carbocycles. The van der Waals surface area contributed by atoms with Crippen LogP contribution in [-0.4, -0.2) is 22.4 Å². The van der Waals surface area contributed by atoms with Crippen LogP contribution in [0.25, 0.3) is 0 Å². The van der Waals surface area contributed by atoms with Gasteiger partial charge < -0.3 is 14.9 Å². The third kappa shape index (κ3) is 1.47. The van der Waals surface area contributed by atoms with Gasteiger partial charge in [0, 0.05) is 12.5 Å². The van der Waals surface area contributed by atoms with Crippen molar-refractivity contribution in [2.75, 3.05) is 0 Å². The molecular formula is C10H12O3. The maximum Gasteiger partial charge on any atom is 0.126 e. The third-order valence-corrected chi connectivity index (χ3v) is 2.33. The van der Waals surface area contributed by atoms with Crippen LogP contribution in [0.5, 0.6) is 11.5 Å². The average molecular weight is 180 g/mol. The van der Waals surface area contributed by atoms with E-state index < -0.39 is 6.10 Å². The lowest BCUT2D eigenvalue weighted by atomic mass is 10.0. The summed E-state index contributed by atoms with van der Waals surface area (Å²) in [4.78, 5) is 0. The number of aromatic hydroxyl groups is 1. The number of aliphatic hydroxyl groups is 1. The molecule has 3 heteroatoms. The Morgan fingerprint density at radius 2 is 2.23 bits per heavy atom. The molecule has 0 amide bonds. The van der Waals surface area contributed by atoms with E-state index in [9.17, 15) is 10.2 Å². The molecule has 2 N–H and O–H groups in total. The van der Waals surface area contributed by atoms with Crippen LogP contribution in [0.3, 0.4) is 0 Å². The van der Waals surface area contributed by atoms with E-state index in [0.717, 1.165) is 5.56 Å². The number of phenolic OH excluding ortho intramolecular Hbond substituents is 1. The second-order valence-corrected chi connectivity index (χ2v) is 3.39. The van der Waals surface area contributed by atoms with Crippen LogP contribution in [-0.2, 0) is 6.42 Å². The summed E-state index contributed by atoms with van der Waals surface area (Å²) in [7, 11) is 0. The highest BCUT2D eigenvalue weighted by Crippen LogP contribution is 2.30. The molecule has 0 spiro atoms. The Kier molecular flexibility index (Phi) is 1.88. The fraction of sp³-hybridized carbons (Fsp3) is 0.400. The van der Waals surface area contributed by atoms with Crippen LogP contribution < -0.4 is 4.74 Å². The molecule has 0 aromatic heterocycles. The van der Waals surface area contributed by atoms with Gasteiger partial charge in [0.2, 0.25) is 0 Å². The SMILES string of the molecule is C[C@@H]1Oc2cc(O)ccc2C[C@@H]1O. The number of ether oxygens (including phenoxy) is 1. The van der Waals surface area contributed by atoms with Gasteiger partial charge >= 0.3 is 0 Å². The molecule has 0 bridgehead atoms. The minimum atomic E-state index is -0.447. The first kappa shape index (κ1) is 8.38. The molecule has 1 aromatic rings. The van der Waals surface area contributed by atoms with Gasteiger partial charge in [-0.05, 0) is 18.6 Å². The zero-order valence-electron chi connectivity index (χ0n) is 7.40. The molecule has 70 valence electrons. The summed E-state index contributed by atoms with van der Waals surface area (Å²) in [6.45, 7) is 1.82. The summed E-state index contributed by atoms with van der Waals surface area (Å²) in [6, 6.07) is 4.96. The van der Waals surface area contributed by atoms with Crippen molar-refractivity contribution in [1.82, 2.24) is 0 Å². The number of fused-ring (bicyclic) bond motifs is 1. The van der Waals surface area contributed by atoms with Gasteiger partial charge in [0.25, 0.3) is 0 Å². The molecule has 2 rings (SSSR count). The third-order valence-electron chi connectivity index (χ3n) is 2.33. The van der Waals surface area contributed by atoms with Gasteiger partial charge in [-0.25, -0.2) is 0 Å². The van der Waals surface area contributed by atoms with E-state index in [4.69, 9.17) is 4.74 Å². The molecular weight excluding hydrogens is 168 g/mol. The molecule has 1 aliphatic heterocycles. The minimum absolute atomic E-state index is 0.197. The van der Waals surface area contributed by atoms with Crippen LogP contribution in [0.2, 0.25) is 0 Å². The van der Waals surface area contributed by atoms with Crippen LogP contribution in [0, 0.1) is 0 Å². The minimum Gasteiger partial charge on any atom is -0.508 e. The summed E-state index contributed by atoms with van der Waals surface area (Å²) < 4.78 is 5.41. The molecule has 1 heterocycles. The number of hydrogen-bond donors (Lipinski definition) is 2. The van der Waals surface area contributed by atoms with Crippen LogP contribution >= 0.6 is 0 Å². The number of benzene rings is 1. The lowest BCUT2D eigenvalue weighted by Gasteiger charge is -2.27. The molecule has 1 aromatic carbocycles. The van der Waals surface area contributed by atoms with Crippen molar-refractivity contribution in [2.45, 2.75) is 25.6 Å². The van der Waals surface area contributed by atoms with E-state index >= 15 is 0 Å². The highest BCUT2D eigenvalue weighted by molar-refractivity contribution is 5.41. The summed E-state index contributed by atoms with van der Waals surface area (Å²) in [5.41, 5.74) is 0.948. The van der Waals surface area contributed by atoms with Gasteiger partial charge in [0.1, 0.15) is 17.6 Å². The Morgan fingerprint density at radius 1 is 1.46 bits per heavy atom. The summed E-state index contributed by atoms with van der Waals surface area (Å²) in [5, 5.41) is 18.7. The van der Waals surface area contributed by atoms with Gasteiger partial charge in [-0.1, -0.05) is 6.07 Å². The van der Waals surface area contributed by atoms with Gasteiger partial charge in [-0.3, -0.25) is 0 Å². The van der Waals surface area contributed by atoms with Crippen molar-refractivity contribution in [3.63, 3.8) is 0 Å². The quantitative estimate of drug-likeness (QED) is 0.628. The Balaban J connectivity index is 2.37. The molecule has 0 radical (unpaired) electrons. The van der Waals surface area contributed by atoms with Crippen molar-refractivity contribution in [1.29, 1.82) is 0 Å². The molecule has 0 unspecified atom stereocenters. The molecule has 13 heavy (non-hydrogen) atoms. The molecule has 2 atom stereocenters. The highest BCUT2D eigenvalue weighted by atomic mass is 16.5. The first-order valence-corrected chi connectivity index (χ1v) is 4.33. The van der Waals surface area contributed by atoms with E-state index in [1.165, 1.54) is 0 Å². The smallest absolute Gasteiger partial charge is 0.126 e. The van der Waals surface area contributed by atoms with Crippen molar-refractivity contribution >= 4 is 0 Å². The van der Waals surface area contributed by atoms with Gasteiger partial charge in [-0.15, -0.1) is 0 Å². The lowest BCUT2D eigenvalue weighted by molar-refractivity contribution is 0.0327. The van der Waals surface area contributed by atoms with Crippen molar-refractivity contribution in [3.8, 4) is 11.5 Å². The summed E-state index contributed by atoms with van der Waals surface area (Å²) in [6.07, 6.45) is -0.0529. The summed E-state index contributed by atoms with van der Waals surface area (Å²) >= 11 is 0. The highest BCUT2D eigenvalue weighted by Gasteiger charge is 2.24. The van der Waals surface area contributed by atoms with Crippen molar-refractivity contribution in [3.05, 3.63) is 23.8 Å². The van der Waals surface area contributed by atoms with E-state index in [2.05, 4.69) is 0 Å². The lowest BCUT2D eigenvalue weighted by Crippen LogP contribution is -2.34. The van der Waals surface area contributed by atoms with Gasteiger partial charge in [-0.2, -0.15) is 0 Å². The largest absolute Gasteiger partial charge is 0.508 e. The zero-order chi connectivity index (χ0) is 9.42. The Hall–Kier alpha value is -1.22. The van der Waals surface area contributed by atoms with Crippen molar-refractivity contribution < 1.29 is 14.9 Å². The van der Waals surface area contributed by atoms with Crippen LogP contribution in [0.4, 0.5) is 0 Å². The van der Waals surface area contributed by atoms with Crippen molar-refractivity contribution in [2.24, 2.45) is 0 Å². The van der Waals surface area contributed by atoms with Gasteiger partial charge in [0.05, 0.1) is 6.10 Å². The molecule has 0 saturated heterocycles. The maximum absolute atomic E-state index is 9.51. The Labute approximate surface area is 76.6 Å². The standard InChI is InChI=1S/C10H12O3/c1-6-9(12)4-7-2-3-8(11)5-10(7)13-6/h2-3,5-6,9,11-12H,4H2,1H3/t6-,9-/m0/s1. The maximum atomic E-state index is 9.51. The Bertz CT molecular complexity index is 322. The van der Waals surface area contributed by atoms with E-state index in [-0.39, 0.29) is 11.9 Å². The second kappa shape index (κ2) is 2.92. The first-order valence-electron chi connectivity index (χ1n) is 4.33. The van der Waals surface area contributed by atoms with Crippen LogP contribution in [0.1, 0.15) is 12.5 Å². The fourth-order valence-electron chi connectivity index (χ4n) is 1.49. The van der Waals surface area contributed by atoms with E-state index in [0.29, 0.717) is 12.2 Å². The molecule has 0 fully saturated rings. The topological polar surface area (TPSA) is 49.7 Å². The van der Waals surface area contributed by atoms with E-state index in [1.54, 1.807) is 18.2 Å². The average Bonchev–Trinajstić information content (AvgIpc) is 2.08. The molecule has 0 aliphatic carbocycles. The number of hydrogen-bond acceptors (Lipinski definition) is 3. The normalized spacial score (nSPS) is 26.3. The van der Waals surface area contributed by atoms with Crippen LogP contribution in [0.15, 0.2) is 18.2 Å². The summed E-state index contributed by atoms with van der Waals surface area (Å²) in [5.74, 6) is 0.875. The number of phenols is 1. The predicted molar refractivity (Wildman–Crippen MR) is 47.9 cm³/mol. The Morgan fingerprint density at radius 3 is 3.00 bits per heavy atom. The second-order valence-electron chi connectivity index (χ2n) is 3.39. The molecule has 3 nitrogen and oxygen atoms in total. The molecule has 1 aliphatic rings. The van der Waals surface area contributed by atoms with Gasteiger partial charge in [0.15, 0.2) is 0 Å². The first-order chi connectivity index (χ1) is 6.16. The number of aliphatic hydroxyl groups excluding tert-OH is 1. The van der Waals surface area contributed by atoms with E-state index in [1.807, 2.05) is 6.92 Å². The zero-order valence-corrected chi connectivity index (χ0v) is 7.40. The monoisotopic (exact) mass is 180 g/mol. The predicted octanol–water partition coefficient (Wildman–Crippen LogP) is 1.08. The fourth-order valence-corrected chi connectivity index (χ4v) is 1.49.